The molecular weight excluding hydrogens is 324 g/mol. The molecule has 1 aliphatic heterocycles. The van der Waals surface area contributed by atoms with Crippen LogP contribution in [-0.4, -0.2) is 51.4 Å². The molecule has 0 saturated carbocycles. The number of aromatic nitrogens is 3. The molecule has 9 nitrogen and oxygen atoms in total. The van der Waals surface area contributed by atoms with Crippen molar-refractivity contribution in [3.05, 3.63) is 35.6 Å². The summed E-state index contributed by atoms with van der Waals surface area (Å²) in [5.74, 6) is 1.48. The lowest BCUT2D eigenvalue weighted by Gasteiger charge is -2.16. The van der Waals surface area contributed by atoms with E-state index in [1.165, 1.54) is 6.20 Å². The number of nitrogens with one attached hydrogen (secondary N) is 3. The number of aliphatic hydroxyl groups is 1. The Balaban J connectivity index is 1.53. The molecule has 4 N–H and O–H groups in total. The molecule has 0 aliphatic carbocycles. The van der Waals surface area contributed by atoms with E-state index < -0.39 is 6.10 Å². The Morgan fingerprint density at radius 1 is 1.44 bits per heavy atom. The predicted octanol–water partition coefficient (Wildman–Crippen LogP) is 0.263. The summed E-state index contributed by atoms with van der Waals surface area (Å²) in [6.45, 7) is 5.34. The zero-order valence-corrected chi connectivity index (χ0v) is 14.2. The molecule has 3 heterocycles. The molecule has 1 amide bonds. The standard InChI is InChI=1S/C16H22N6O3/c1-9(2)16-21-14(22-25-16)8-19-15(24)10-3-4-13(18-5-10)20-11-6-17-7-12(11)23/h3-5,9,11-12,17,23H,6-8H2,1-2H3,(H,18,20)(H,19,24)/t11-,12-/m1/s1. The van der Waals surface area contributed by atoms with Gasteiger partial charge in [0.1, 0.15) is 5.82 Å². The van der Waals surface area contributed by atoms with E-state index in [0.29, 0.717) is 36.2 Å². The molecule has 25 heavy (non-hydrogen) atoms. The van der Waals surface area contributed by atoms with Crippen LogP contribution in [0.3, 0.4) is 0 Å². The number of anilines is 1. The number of aliphatic hydroxyl groups excluding tert-OH is 1. The summed E-state index contributed by atoms with van der Waals surface area (Å²) in [4.78, 5) is 20.6. The van der Waals surface area contributed by atoms with Crippen LogP contribution in [0.15, 0.2) is 22.9 Å². The van der Waals surface area contributed by atoms with Crippen LogP contribution < -0.4 is 16.0 Å². The fourth-order valence-corrected chi connectivity index (χ4v) is 2.45. The van der Waals surface area contributed by atoms with Crippen LogP contribution in [0, 0.1) is 0 Å². The Bertz CT molecular complexity index is 715. The summed E-state index contributed by atoms with van der Waals surface area (Å²) in [5.41, 5.74) is 0.434. The second-order valence-electron chi connectivity index (χ2n) is 6.29. The lowest BCUT2D eigenvalue weighted by atomic mass is 10.2. The van der Waals surface area contributed by atoms with Gasteiger partial charge in [-0.2, -0.15) is 4.98 Å². The molecule has 0 aromatic carbocycles. The highest BCUT2D eigenvalue weighted by Gasteiger charge is 2.24. The van der Waals surface area contributed by atoms with Crippen LogP contribution in [0.4, 0.5) is 5.82 Å². The Morgan fingerprint density at radius 2 is 2.28 bits per heavy atom. The summed E-state index contributed by atoms with van der Waals surface area (Å²) in [6.07, 6.45) is 1.04. The number of nitrogens with zero attached hydrogens (tertiary/aromatic N) is 3. The average molecular weight is 346 g/mol. The Morgan fingerprint density at radius 3 is 2.88 bits per heavy atom. The number of amides is 1. The third-order valence-electron chi connectivity index (χ3n) is 3.93. The van der Waals surface area contributed by atoms with Gasteiger partial charge in [0.05, 0.1) is 24.3 Å². The number of pyridine rings is 1. The first kappa shape index (κ1) is 17.3. The molecule has 0 radical (unpaired) electrons. The second kappa shape index (κ2) is 7.58. The largest absolute Gasteiger partial charge is 0.390 e. The molecule has 2 atom stereocenters. The van der Waals surface area contributed by atoms with Gasteiger partial charge in [-0.3, -0.25) is 4.79 Å². The van der Waals surface area contributed by atoms with E-state index in [2.05, 4.69) is 31.1 Å². The van der Waals surface area contributed by atoms with E-state index in [1.54, 1.807) is 12.1 Å². The van der Waals surface area contributed by atoms with Crippen LogP contribution in [0.2, 0.25) is 0 Å². The van der Waals surface area contributed by atoms with Gasteiger partial charge >= 0.3 is 0 Å². The van der Waals surface area contributed by atoms with Crippen LogP contribution in [0.1, 0.15) is 41.8 Å². The van der Waals surface area contributed by atoms with Gasteiger partial charge in [-0.05, 0) is 12.1 Å². The molecule has 2 aromatic rings. The summed E-state index contributed by atoms with van der Waals surface area (Å²) >= 11 is 0. The number of hydrogen-bond donors (Lipinski definition) is 4. The molecule has 1 fully saturated rings. The number of carbonyl (C=O) groups excluding carboxylic acids is 1. The molecule has 0 bridgehead atoms. The van der Waals surface area contributed by atoms with Gasteiger partial charge in [-0.25, -0.2) is 4.98 Å². The Labute approximate surface area is 145 Å². The maximum Gasteiger partial charge on any atom is 0.253 e. The van der Waals surface area contributed by atoms with E-state index in [-0.39, 0.29) is 24.4 Å². The first-order valence-corrected chi connectivity index (χ1v) is 8.25. The highest BCUT2D eigenvalue weighted by molar-refractivity contribution is 5.93. The van der Waals surface area contributed by atoms with E-state index in [9.17, 15) is 9.90 Å². The van der Waals surface area contributed by atoms with E-state index in [1.807, 2.05) is 13.8 Å². The minimum Gasteiger partial charge on any atom is -0.390 e. The van der Waals surface area contributed by atoms with Crippen molar-refractivity contribution >= 4 is 11.7 Å². The molecule has 0 unspecified atom stereocenters. The van der Waals surface area contributed by atoms with Crippen LogP contribution in [0.25, 0.3) is 0 Å². The van der Waals surface area contributed by atoms with Gasteiger partial charge in [-0.1, -0.05) is 19.0 Å². The molecule has 9 heteroatoms. The first-order chi connectivity index (χ1) is 12.0. The summed E-state index contributed by atoms with van der Waals surface area (Å²) in [7, 11) is 0. The van der Waals surface area contributed by atoms with Crippen molar-refractivity contribution in [2.45, 2.75) is 38.5 Å². The average Bonchev–Trinajstić information content (AvgIpc) is 3.23. The first-order valence-electron chi connectivity index (χ1n) is 8.25. The van der Waals surface area contributed by atoms with Gasteiger partial charge in [-0.15, -0.1) is 0 Å². The van der Waals surface area contributed by atoms with E-state index in [0.717, 1.165) is 0 Å². The SMILES string of the molecule is CC(C)c1nc(CNC(=O)c2ccc(N[C@@H]3CNC[C@H]3O)nc2)no1. The van der Waals surface area contributed by atoms with Crippen molar-refractivity contribution in [3.63, 3.8) is 0 Å². The lowest BCUT2D eigenvalue weighted by Crippen LogP contribution is -2.32. The van der Waals surface area contributed by atoms with Gasteiger partial charge in [0.2, 0.25) is 5.89 Å². The molecule has 0 spiro atoms. The minimum absolute atomic E-state index is 0.0828. The smallest absolute Gasteiger partial charge is 0.253 e. The van der Waals surface area contributed by atoms with Crippen LogP contribution in [0.5, 0.6) is 0 Å². The zero-order valence-electron chi connectivity index (χ0n) is 14.2. The van der Waals surface area contributed by atoms with Crippen molar-refractivity contribution in [2.24, 2.45) is 0 Å². The third kappa shape index (κ3) is 4.31. The molecule has 2 aromatic heterocycles. The van der Waals surface area contributed by atoms with E-state index in [4.69, 9.17) is 4.52 Å². The van der Waals surface area contributed by atoms with Crippen molar-refractivity contribution in [3.8, 4) is 0 Å². The Kier molecular flexibility index (Phi) is 5.25. The molecule has 1 aliphatic rings. The minimum atomic E-state index is -0.449. The van der Waals surface area contributed by atoms with Gasteiger partial charge < -0.3 is 25.6 Å². The fraction of sp³-hybridized carbons (Fsp3) is 0.500. The third-order valence-corrected chi connectivity index (χ3v) is 3.93. The molecule has 134 valence electrons. The molecular formula is C16H22N6O3. The highest BCUT2D eigenvalue weighted by atomic mass is 16.5. The number of carbonyl (C=O) groups is 1. The van der Waals surface area contributed by atoms with Gasteiger partial charge in [0.15, 0.2) is 5.82 Å². The van der Waals surface area contributed by atoms with Gasteiger partial charge in [0.25, 0.3) is 5.91 Å². The molecule has 1 saturated heterocycles. The zero-order chi connectivity index (χ0) is 17.8. The number of β-amino-alcohol motifs (C(OH)–C–C–N with tert-alkyl or cyclic N) is 1. The lowest BCUT2D eigenvalue weighted by molar-refractivity contribution is 0.0949. The quantitative estimate of drug-likeness (QED) is 0.587. The number of hydrogen-bond acceptors (Lipinski definition) is 8. The highest BCUT2D eigenvalue weighted by Crippen LogP contribution is 2.12. The monoisotopic (exact) mass is 346 g/mol. The number of rotatable bonds is 6. The van der Waals surface area contributed by atoms with Crippen LogP contribution in [-0.2, 0) is 6.54 Å². The van der Waals surface area contributed by atoms with Crippen molar-refractivity contribution < 1.29 is 14.4 Å². The predicted molar refractivity (Wildman–Crippen MR) is 90.1 cm³/mol. The van der Waals surface area contributed by atoms with Gasteiger partial charge in [0, 0.05) is 25.2 Å². The second-order valence-corrected chi connectivity index (χ2v) is 6.29. The van der Waals surface area contributed by atoms with Crippen LogP contribution >= 0.6 is 0 Å². The van der Waals surface area contributed by atoms with Crippen molar-refractivity contribution in [1.29, 1.82) is 0 Å². The van der Waals surface area contributed by atoms with Crippen molar-refractivity contribution in [2.75, 3.05) is 18.4 Å². The Hall–Kier alpha value is -2.52. The summed E-state index contributed by atoms with van der Waals surface area (Å²) in [5, 5.41) is 22.6. The topological polar surface area (TPSA) is 125 Å². The fourth-order valence-electron chi connectivity index (χ4n) is 2.45. The van der Waals surface area contributed by atoms with E-state index >= 15 is 0 Å². The maximum absolute atomic E-state index is 12.2. The molecule has 3 rings (SSSR count). The normalized spacial score (nSPS) is 20.0. The maximum atomic E-state index is 12.2. The summed E-state index contributed by atoms with van der Waals surface area (Å²) < 4.78 is 5.09. The summed E-state index contributed by atoms with van der Waals surface area (Å²) in [6, 6.07) is 3.31. The van der Waals surface area contributed by atoms with Crippen molar-refractivity contribution in [1.82, 2.24) is 25.8 Å².